The smallest absolute Gasteiger partial charge is 0.326 e. The monoisotopic (exact) mass is 313 g/mol. The van der Waals surface area contributed by atoms with Gasteiger partial charge in [-0.2, -0.15) is 4.52 Å². The van der Waals surface area contributed by atoms with Crippen molar-refractivity contribution in [1.29, 1.82) is 0 Å². The molecule has 3 aromatic rings. The number of aryl methyl sites for hydroxylation is 1. The predicted molar refractivity (Wildman–Crippen MR) is 87.5 cm³/mol. The lowest BCUT2D eigenvalue weighted by molar-refractivity contribution is -0.139. The Morgan fingerprint density at radius 2 is 2.00 bits per heavy atom. The first-order chi connectivity index (χ1) is 11.0. The molecule has 7 nitrogen and oxygen atoms in total. The molecule has 0 radical (unpaired) electrons. The summed E-state index contributed by atoms with van der Waals surface area (Å²) in [5, 5.41) is 27.1. The number of nitrogens with one attached hydrogen (secondary N) is 1. The number of carbonyl (C=O) groups is 1. The first-order valence-electron chi connectivity index (χ1n) is 7.63. The first-order valence-corrected chi connectivity index (χ1v) is 7.63. The fraction of sp³-hybridized carbons (Fsp3) is 0.375. The molecule has 0 aliphatic rings. The Kier molecular flexibility index (Phi) is 3.85. The minimum atomic E-state index is -0.884. The minimum absolute atomic E-state index is 0.0224. The second-order valence-electron chi connectivity index (χ2n) is 5.72. The van der Waals surface area contributed by atoms with Gasteiger partial charge in [-0.05, 0) is 12.8 Å². The second kappa shape index (κ2) is 5.83. The van der Waals surface area contributed by atoms with E-state index in [2.05, 4.69) is 20.6 Å². The van der Waals surface area contributed by atoms with E-state index in [1.54, 1.807) is 4.52 Å². The molecule has 0 aliphatic carbocycles. The minimum Gasteiger partial charge on any atom is -0.480 e. The number of carboxylic acids is 1. The average Bonchev–Trinajstić information content (AvgIpc) is 2.93. The van der Waals surface area contributed by atoms with Crippen molar-refractivity contribution >= 4 is 28.2 Å². The number of rotatable bonds is 5. The molecule has 2 atom stereocenters. The number of aliphatic carboxylic acids is 1. The van der Waals surface area contributed by atoms with Gasteiger partial charge in [0.05, 0.1) is 0 Å². The fourth-order valence-corrected chi connectivity index (χ4v) is 2.62. The van der Waals surface area contributed by atoms with Crippen LogP contribution in [0.15, 0.2) is 24.3 Å². The molecule has 0 unspecified atom stereocenters. The molecule has 1 aromatic carbocycles. The van der Waals surface area contributed by atoms with Crippen LogP contribution in [0.3, 0.4) is 0 Å². The van der Waals surface area contributed by atoms with Gasteiger partial charge in [-0.25, -0.2) is 4.79 Å². The molecule has 3 rings (SSSR count). The highest BCUT2D eigenvalue weighted by Crippen LogP contribution is 2.26. The van der Waals surface area contributed by atoms with Crippen molar-refractivity contribution in [3.63, 3.8) is 0 Å². The van der Waals surface area contributed by atoms with Gasteiger partial charge in [0, 0.05) is 10.8 Å². The summed E-state index contributed by atoms with van der Waals surface area (Å²) in [6.07, 6.45) is 0.760. The molecule has 0 saturated carbocycles. The number of anilines is 1. The lowest BCUT2D eigenvalue weighted by atomic mass is 9.99. The van der Waals surface area contributed by atoms with Crippen LogP contribution < -0.4 is 5.32 Å². The van der Waals surface area contributed by atoms with Crippen LogP contribution >= 0.6 is 0 Å². The maximum absolute atomic E-state index is 11.6. The maximum Gasteiger partial charge on any atom is 0.326 e. The van der Waals surface area contributed by atoms with E-state index >= 15 is 0 Å². The Labute approximate surface area is 133 Å². The van der Waals surface area contributed by atoms with Gasteiger partial charge in [0.1, 0.15) is 6.04 Å². The highest BCUT2D eigenvalue weighted by atomic mass is 16.4. The molecule has 0 spiro atoms. The van der Waals surface area contributed by atoms with E-state index in [1.807, 2.05) is 45.0 Å². The van der Waals surface area contributed by atoms with Gasteiger partial charge >= 0.3 is 5.97 Å². The Morgan fingerprint density at radius 1 is 1.30 bits per heavy atom. The third kappa shape index (κ3) is 2.58. The van der Waals surface area contributed by atoms with Crippen molar-refractivity contribution in [2.24, 2.45) is 5.92 Å². The van der Waals surface area contributed by atoms with E-state index in [9.17, 15) is 9.90 Å². The standard InChI is InChI=1S/C16H19N5O2/c1-4-9(2)13(16(22)23)17-14-11-7-5-6-8-12(11)15-19-18-10(3)21(15)20-14/h5-9,13H,4H2,1-3H3,(H,17,20)(H,22,23)/t9-,13-/m0/s1. The third-order valence-corrected chi connectivity index (χ3v) is 4.19. The van der Waals surface area contributed by atoms with Crippen molar-refractivity contribution in [3.05, 3.63) is 30.1 Å². The van der Waals surface area contributed by atoms with E-state index in [4.69, 9.17) is 0 Å². The molecule has 7 heteroatoms. The quantitative estimate of drug-likeness (QED) is 0.752. The number of fused-ring (bicyclic) bond motifs is 3. The van der Waals surface area contributed by atoms with Crippen LogP contribution in [0.2, 0.25) is 0 Å². The predicted octanol–water partition coefficient (Wildman–Crippen LogP) is 2.50. The van der Waals surface area contributed by atoms with Gasteiger partial charge in [0.15, 0.2) is 17.3 Å². The summed E-state index contributed by atoms with van der Waals surface area (Å²) < 4.78 is 1.64. The fourth-order valence-electron chi connectivity index (χ4n) is 2.62. The Hall–Kier alpha value is -2.70. The number of hydrogen-bond acceptors (Lipinski definition) is 5. The van der Waals surface area contributed by atoms with Crippen molar-refractivity contribution in [1.82, 2.24) is 19.8 Å². The molecule has 0 saturated heterocycles. The summed E-state index contributed by atoms with van der Waals surface area (Å²) in [7, 11) is 0. The first kappa shape index (κ1) is 15.2. The van der Waals surface area contributed by atoms with Crippen molar-refractivity contribution in [2.45, 2.75) is 33.2 Å². The van der Waals surface area contributed by atoms with Crippen LogP contribution in [-0.4, -0.2) is 36.9 Å². The number of carboxylic acid groups (broad SMARTS) is 1. The van der Waals surface area contributed by atoms with Crippen LogP contribution in [0.4, 0.5) is 5.82 Å². The summed E-state index contributed by atoms with van der Waals surface area (Å²) in [5.74, 6) is 0.282. The highest BCUT2D eigenvalue weighted by molar-refractivity contribution is 6.00. The van der Waals surface area contributed by atoms with Gasteiger partial charge in [-0.3, -0.25) is 0 Å². The zero-order chi connectivity index (χ0) is 16.6. The van der Waals surface area contributed by atoms with Gasteiger partial charge in [-0.1, -0.05) is 44.5 Å². The topological polar surface area (TPSA) is 92.4 Å². The van der Waals surface area contributed by atoms with Crippen LogP contribution in [0.1, 0.15) is 26.1 Å². The van der Waals surface area contributed by atoms with Crippen LogP contribution in [0.5, 0.6) is 0 Å². The van der Waals surface area contributed by atoms with E-state index in [1.165, 1.54) is 0 Å². The molecular formula is C16H19N5O2. The Balaban J connectivity index is 2.18. The molecule has 0 fully saturated rings. The van der Waals surface area contributed by atoms with E-state index < -0.39 is 12.0 Å². The van der Waals surface area contributed by atoms with Crippen LogP contribution in [0.25, 0.3) is 16.4 Å². The zero-order valence-electron chi connectivity index (χ0n) is 13.3. The SMILES string of the molecule is CC[C@H](C)[C@H](Nc1nn2c(C)nnc2c2ccccc12)C(=O)O. The number of aromatic nitrogens is 4. The summed E-state index contributed by atoms with van der Waals surface area (Å²) in [6, 6.07) is 6.95. The molecule has 120 valence electrons. The summed E-state index contributed by atoms with van der Waals surface area (Å²) >= 11 is 0. The van der Waals surface area contributed by atoms with Gasteiger partial charge in [-0.15, -0.1) is 15.3 Å². The molecule has 0 aliphatic heterocycles. The summed E-state index contributed by atoms with van der Waals surface area (Å²) in [6.45, 7) is 5.70. The highest BCUT2D eigenvalue weighted by Gasteiger charge is 2.25. The Bertz CT molecular complexity index is 873. The lowest BCUT2D eigenvalue weighted by Gasteiger charge is -2.21. The summed E-state index contributed by atoms with van der Waals surface area (Å²) in [5.41, 5.74) is 0.666. The third-order valence-electron chi connectivity index (χ3n) is 4.19. The van der Waals surface area contributed by atoms with Crippen molar-refractivity contribution in [3.8, 4) is 0 Å². The van der Waals surface area contributed by atoms with Gasteiger partial charge in [0.25, 0.3) is 0 Å². The van der Waals surface area contributed by atoms with Crippen molar-refractivity contribution in [2.75, 3.05) is 5.32 Å². The molecule has 2 heterocycles. The molecule has 2 aromatic heterocycles. The maximum atomic E-state index is 11.6. The molecule has 0 amide bonds. The van der Waals surface area contributed by atoms with Crippen LogP contribution in [-0.2, 0) is 4.79 Å². The average molecular weight is 313 g/mol. The van der Waals surface area contributed by atoms with Gasteiger partial charge in [0.2, 0.25) is 0 Å². The summed E-state index contributed by atoms with van der Waals surface area (Å²) in [4.78, 5) is 11.6. The normalized spacial score (nSPS) is 14.0. The molecule has 2 N–H and O–H groups in total. The Morgan fingerprint density at radius 3 is 2.65 bits per heavy atom. The lowest BCUT2D eigenvalue weighted by Crippen LogP contribution is -2.36. The zero-order valence-corrected chi connectivity index (χ0v) is 13.3. The van der Waals surface area contributed by atoms with E-state index in [-0.39, 0.29) is 5.92 Å². The number of nitrogens with zero attached hydrogens (tertiary/aromatic N) is 4. The van der Waals surface area contributed by atoms with Crippen LogP contribution in [0, 0.1) is 12.8 Å². The molecular weight excluding hydrogens is 294 g/mol. The molecule has 23 heavy (non-hydrogen) atoms. The molecule has 0 bridgehead atoms. The van der Waals surface area contributed by atoms with Gasteiger partial charge < -0.3 is 10.4 Å². The number of benzene rings is 1. The number of hydrogen-bond donors (Lipinski definition) is 2. The second-order valence-corrected chi connectivity index (χ2v) is 5.72. The van der Waals surface area contributed by atoms with E-state index in [0.717, 1.165) is 17.2 Å². The van der Waals surface area contributed by atoms with E-state index in [0.29, 0.717) is 17.3 Å². The van der Waals surface area contributed by atoms with Crippen molar-refractivity contribution < 1.29 is 9.90 Å². The largest absolute Gasteiger partial charge is 0.480 e.